The maximum absolute atomic E-state index is 13.5. The molecule has 1 aliphatic heterocycles. The predicted octanol–water partition coefficient (Wildman–Crippen LogP) is 5.06. The van der Waals surface area contributed by atoms with E-state index in [2.05, 4.69) is 5.32 Å². The van der Waals surface area contributed by atoms with E-state index in [4.69, 9.17) is 4.74 Å². The zero-order chi connectivity index (χ0) is 23.4. The van der Waals surface area contributed by atoms with Crippen LogP contribution in [0.5, 0.6) is 5.75 Å². The van der Waals surface area contributed by atoms with Gasteiger partial charge in [0.05, 0.1) is 7.11 Å². The Morgan fingerprint density at radius 1 is 0.970 bits per heavy atom. The molecule has 0 aromatic heterocycles. The molecule has 0 bridgehead atoms. The molecule has 0 saturated carbocycles. The number of nitrogens with zero attached hydrogens (tertiary/aromatic N) is 2. The van der Waals surface area contributed by atoms with Crippen LogP contribution in [0.3, 0.4) is 0 Å². The van der Waals surface area contributed by atoms with Gasteiger partial charge in [0, 0.05) is 42.6 Å². The third kappa shape index (κ3) is 5.28. The van der Waals surface area contributed by atoms with Crippen molar-refractivity contribution in [2.75, 3.05) is 30.4 Å². The van der Waals surface area contributed by atoms with E-state index in [1.165, 1.54) is 12.1 Å². The summed E-state index contributed by atoms with van der Waals surface area (Å²) in [7, 11) is 1.56. The van der Waals surface area contributed by atoms with Crippen LogP contribution in [0, 0.1) is 11.6 Å². The number of methoxy groups -OCH3 is 1. The zero-order valence-corrected chi connectivity index (χ0v) is 18.1. The molecule has 1 heterocycles. The van der Waals surface area contributed by atoms with E-state index >= 15 is 0 Å². The predicted molar refractivity (Wildman–Crippen MR) is 122 cm³/mol. The number of rotatable bonds is 6. The molecule has 3 amide bonds. The van der Waals surface area contributed by atoms with Gasteiger partial charge in [-0.2, -0.15) is 0 Å². The maximum Gasteiger partial charge on any atom is 0.324 e. The average molecular weight is 451 g/mol. The topological polar surface area (TPSA) is 61.9 Å². The number of nitrogens with one attached hydrogen (secondary N) is 1. The smallest absolute Gasteiger partial charge is 0.324 e. The minimum absolute atomic E-state index is 0.125. The van der Waals surface area contributed by atoms with Crippen molar-refractivity contribution in [3.05, 3.63) is 89.5 Å². The molecule has 0 aliphatic carbocycles. The molecule has 0 spiro atoms. The highest BCUT2D eigenvalue weighted by atomic mass is 19.1. The van der Waals surface area contributed by atoms with Gasteiger partial charge in [-0.25, -0.2) is 13.6 Å². The second-order valence-electron chi connectivity index (χ2n) is 7.72. The van der Waals surface area contributed by atoms with Gasteiger partial charge >= 0.3 is 6.03 Å². The standard InChI is InChI=1S/C25H23F2N3O3/c1-33-23-9-3-18(4-10-23)24(31)28-21-5-7-22(8-6-21)30-12-2-11-29(25(30)32)16-17-13-19(26)15-20(27)14-17/h3-10,13-15H,2,11-12,16H2,1H3,(H,28,31). The van der Waals surface area contributed by atoms with Gasteiger partial charge in [0.2, 0.25) is 0 Å². The van der Waals surface area contributed by atoms with Crippen LogP contribution in [0.25, 0.3) is 0 Å². The molecular formula is C25H23F2N3O3. The van der Waals surface area contributed by atoms with Crippen LogP contribution in [0.15, 0.2) is 66.7 Å². The number of benzene rings is 3. The second kappa shape index (κ2) is 9.68. The lowest BCUT2D eigenvalue weighted by Gasteiger charge is -2.35. The number of ether oxygens (including phenoxy) is 1. The molecule has 0 unspecified atom stereocenters. The maximum atomic E-state index is 13.5. The average Bonchev–Trinajstić information content (AvgIpc) is 2.80. The Morgan fingerprint density at radius 3 is 2.27 bits per heavy atom. The van der Waals surface area contributed by atoms with Crippen LogP contribution in [-0.4, -0.2) is 37.0 Å². The number of amides is 3. The van der Waals surface area contributed by atoms with Gasteiger partial charge in [0.1, 0.15) is 17.4 Å². The first kappa shape index (κ1) is 22.3. The van der Waals surface area contributed by atoms with Crippen LogP contribution in [0.1, 0.15) is 22.3 Å². The summed E-state index contributed by atoms with van der Waals surface area (Å²) in [6, 6.07) is 16.8. The fourth-order valence-electron chi connectivity index (χ4n) is 3.76. The highest BCUT2D eigenvalue weighted by Crippen LogP contribution is 2.24. The zero-order valence-electron chi connectivity index (χ0n) is 18.1. The first-order valence-corrected chi connectivity index (χ1v) is 10.5. The summed E-state index contributed by atoms with van der Waals surface area (Å²) < 4.78 is 32.1. The van der Waals surface area contributed by atoms with Crippen molar-refractivity contribution >= 4 is 23.3 Å². The van der Waals surface area contributed by atoms with Gasteiger partial charge in [-0.1, -0.05) is 0 Å². The molecule has 1 saturated heterocycles. The summed E-state index contributed by atoms with van der Waals surface area (Å²) in [6.07, 6.45) is 0.722. The van der Waals surface area contributed by atoms with E-state index in [-0.39, 0.29) is 18.5 Å². The third-order valence-electron chi connectivity index (χ3n) is 5.40. The van der Waals surface area contributed by atoms with Crippen molar-refractivity contribution in [3.63, 3.8) is 0 Å². The minimum atomic E-state index is -0.668. The monoisotopic (exact) mass is 451 g/mol. The molecule has 0 radical (unpaired) electrons. The van der Waals surface area contributed by atoms with Gasteiger partial charge in [-0.3, -0.25) is 9.69 Å². The number of carbonyl (C=O) groups is 2. The van der Waals surface area contributed by atoms with Crippen molar-refractivity contribution in [1.82, 2.24) is 4.90 Å². The van der Waals surface area contributed by atoms with Crippen LogP contribution in [-0.2, 0) is 6.54 Å². The lowest BCUT2D eigenvalue weighted by molar-refractivity contribution is 0.102. The molecule has 6 nitrogen and oxygen atoms in total. The van der Waals surface area contributed by atoms with Crippen LogP contribution in [0.4, 0.5) is 25.0 Å². The number of urea groups is 1. The van der Waals surface area contributed by atoms with E-state index < -0.39 is 11.6 Å². The SMILES string of the molecule is COc1ccc(C(=O)Nc2ccc(N3CCCN(Cc4cc(F)cc(F)c4)C3=O)cc2)cc1. The Bertz CT molecular complexity index is 1130. The lowest BCUT2D eigenvalue weighted by atomic mass is 10.1. The highest BCUT2D eigenvalue weighted by molar-refractivity contribution is 6.04. The fraction of sp³-hybridized carbons (Fsp3) is 0.200. The summed E-state index contributed by atoms with van der Waals surface area (Å²) in [6.45, 7) is 1.16. The molecule has 3 aromatic carbocycles. The first-order valence-electron chi connectivity index (χ1n) is 10.5. The molecule has 1 aliphatic rings. The quantitative estimate of drug-likeness (QED) is 0.570. The molecule has 1 N–H and O–H groups in total. The normalized spacial score (nSPS) is 13.7. The molecule has 170 valence electrons. The number of hydrogen-bond acceptors (Lipinski definition) is 3. The van der Waals surface area contributed by atoms with Gasteiger partial charge in [-0.15, -0.1) is 0 Å². The van der Waals surface area contributed by atoms with Crippen LogP contribution >= 0.6 is 0 Å². The van der Waals surface area contributed by atoms with Gasteiger partial charge < -0.3 is 15.0 Å². The number of halogens is 2. The Kier molecular flexibility index (Phi) is 6.53. The van der Waals surface area contributed by atoms with E-state index in [0.717, 1.165) is 12.5 Å². The Hall–Kier alpha value is -3.94. The van der Waals surface area contributed by atoms with Crippen LogP contribution in [0.2, 0.25) is 0 Å². The Morgan fingerprint density at radius 2 is 1.64 bits per heavy atom. The van der Waals surface area contributed by atoms with Gasteiger partial charge in [-0.05, 0) is 72.6 Å². The summed E-state index contributed by atoms with van der Waals surface area (Å²) in [5.41, 5.74) is 2.17. The number of anilines is 2. The van der Waals surface area contributed by atoms with Gasteiger partial charge in [0.25, 0.3) is 5.91 Å². The Labute approximate surface area is 190 Å². The summed E-state index contributed by atoms with van der Waals surface area (Å²) in [5, 5.41) is 2.82. The van der Waals surface area contributed by atoms with Crippen molar-refractivity contribution in [1.29, 1.82) is 0 Å². The minimum Gasteiger partial charge on any atom is -0.497 e. The Balaban J connectivity index is 1.42. The van der Waals surface area contributed by atoms with Crippen molar-refractivity contribution < 1.29 is 23.1 Å². The molecular weight excluding hydrogens is 428 g/mol. The molecule has 8 heteroatoms. The number of carbonyl (C=O) groups excluding carboxylic acids is 2. The largest absolute Gasteiger partial charge is 0.497 e. The van der Waals surface area contributed by atoms with E-state index in [9.17, 15) is 18.4 Å². The van der Waals surface area contributed by atoms with Crippen LogP contribution < -0.4 is 15.0 Å². The summed E-state index contributed by atoms with van der Waals surface area (Å²) >= 11 is 0. The van der Waals surface area contributed by atoms with Gasteiger partial charge in [0.15, 0.2) is 0 Å². The molecule has 1 fully saturated rings. The van der Waals surface area contributed by atoms with E-state index in [0.29, 0.717) is 41.3 Å². The third-order valence-corrected chi connectivity index (χ3v) is 5.40. The molecule has 33 heavy (non-hydrogen) atoms. The molecule has 0 atom stereocenters. The van der Waals surface area contributed by atoms with Crippen molar-refractivity contribution in [2.45, 2.75) is 13.0 Å². The fourth-order valence-corrected chi connectivity index (χ4v) is 3.76. The van der Waals surface area contributed by atoms with Crippen molar-refractivity contribution in [3.8, 4) is 5.75 Å². The summed E-state index contributed by atoms with van der Waals surface area (Å²) in [5.74, 6) is -0.927. The van der Waals surface area contributed by atoms with E-state index in [1.54, 1.807) is 65.4 Å². The first-order chi connectivity index (χ1) is 15.9. The highest BCUT2D eigenvalue weighted by Gasteiger charge is 2.27. The van der Waals surface area contributed by atoms with E-state index in [1.807, 2.05) is 0 Å². The molecule has 4 rings (SSSR count). The molecule has 3 aromatic rings. The van der Waals surface area contributed by atoms with Crippen molar-refractivity contribution in [2.24, 2.45) is 0 Å². The summed E-state index contributed by atoms with van der Waals surface area (Å²) in [4.78, 5) is 28.6. The second-order valence-corrected chi connectivity index (χ2v) is 7.72. The lowest BCUT2D eigenvalue weighted by Crippen LogP contribution is -2.49. The number of hydrogen-bond donors (Lipinski definition) is 1.